The van der Waals surface area contributed by atoms with E-state index >= 15 is 0 Å². The minimum absolute atomic E-state index is 0.122. The molecular weight excluding hydrogens is 508 g/mol. The van der Waals surface area contributed by atoms with Crippen molar-refractivity contribution in [1.29, 1.82) is 0 Å². The Balaban J connectivity index is 1.41. The van der Waals surface area contributed by atoms with Crippen LogP contribution < -0.4 is 9.61 Å². The van der Waals surface area contributed by atoms with Crippen molar-refractivity contribution in [2.75, 3.05) is 20.8 Å². The number of ether oxygens (including phenoxy) is 3. The van der Waals surface area contributed by atoms with Gasteiger partial charge in [0.15, 0.2) is 5.92 Å². The van der Waals surface area contributed by atoms with Crippen molar-refractivity contribution in [3.05, 3.63) is 104 Å². The first-order chi connectivity index (χ1) is 18.4. The Kier molecular flexibility index (Phi) is 8.65. The maximum atomic E-state index is 12.7. The Labute approximate surface area is 222 Å². The minimum atomic E-state index is -1.04. The molecule has 4 rings (SSSR count). The molecule has 0 saturated carbocycles. The Hall–Kier alpha value is -4.31. The zero-order chi connectivity index (χ0) is 27.1. The molecule has 0 saturated heterocycles. The van der Waals surface area contributed by atoms with Gasteiger partial charge < -0.3 is 14.2 Å². The average molecular weight is 535 g/mol. The molecule has 0 fully saturated rings. The quantitative estimate of drug-likeness (QED) is 0.158. The van der Waals surface area contributed by atoms with Crippen LogP contribution >= 0.6 is 11.3 Å². The van der Waals surface area contributed by atoms with Crippen molar-refractivity contribution in [3.8, 4) is 5.75 Å². The molecule has 0 bridgehead atoms. The Bertz CT molecular complexity index is 1460. The molecule has 196 valence electrons. The van der Waals surface area contributed by atoms with Gasteiger partial charge in [0.2, 0.25) is 0 Å². The van der Waals surface area contributed by atoms with Crippen molar-refractivity contribution in [3.63, 3.8) is 0 Å². The van der Waals surface area contributed by atoms with Crippen LogP contribution in [0.3, 0.4) is 0 Å². The maximum absolute atomic E-state index is 12.7. The first kappa shape index (κ1) is 26.7. The van der Waals surface area contributed by atoms with Gasteiger partial charge >= 0.3 is 16.8 Å². The van der Waals surface area contributed by atoms with Gasteiger partial charge in [-0.2, -0.15) is 0 Å². The Morgan fingerprint density at radius 1 is 0.921 bits per heavy atom. The van der Waals surface area contributed by atoms with Gasteiger partial charge in [-0.3, -0.25) is 19.0 Å². The average Bonchev–Trinajstić information content (AvgIpc) is 3.26. The summed E-state index contributed by atoms with van der Waals surface area (Å²) in [5, 5.41) is 3.30. The van der Waals surface area contributed by atoms with E-state index in [1.807, 2.05) is 48.5 Å². The molecule has 0 amide bonds. The van der Waals surface area contributed by atoms with Gasteiger partial charge in [0.1, 0.15) is 18.4 Å². The van der Waals surface area contributed by atoms with Crippen molar-refractivity contribution in [2.24, 2.45) is 11.1 Å². The van der Waals surface area contributed by atoms with E-state index in [0.29, 0.717) is 12.3 Å². The van der Waals surface area contributed by atoms with E-state index in [2.05, 4.69) is 5.18 Å². The highest BCUT2D eigenvalue weighted by molar-refractivity contribution is 7.16. The summed E-state index contributed by atoms with van der Waals surface area (Å²) in [6, 6.07) is 21.1. The third kappa shape index (κ3) is 5.97. The van der Waals surface area contributed by atoms with Crippen LogP contribution in [-0.4, -0.2) is 37.3 Å². The molecule has 0 radical (unpaired) electrons. The summed E-state index contributed by atoms with van der Waals surface area (Å²) in [7, 11) is 2.44. The van der Waals surface area contributed by atoms with Gasteiger partial charge in [-0.1, -0.05) is 65.0 Å². The SMILES string of the molecule is COC(=O)C(Cc1ccc(OCCn2c(=O)sc3cc(C(N=O)c4ccccc4)ccc32)cc1)C(=O)OC. The van der Waals surface area contributed by atoms with Crippen LogP contribution in [0.25, 0.3) is 10.2 Å². The predicted molar refractivity (Wildman–Crippen MR) is 143 cm³/mol. The number of aromatic nitrogens is 1. The fraction of sp³-hybridized carbons (Fsp3) is 0.250. The molecule has 0 aliphatic carbocycles. The number of carbonyl (C=O) groups excluding carboxylic acids is 2. The van der Waals surface area contributed by atoms with E-state index < -0.39 is 23.9 Å². The molecule has 3 aromatic carbocycles. The second-order valence-corrected chi connectivity index (χ2v) is 9.45. The lowest BCUT2D eigenvalue weighted by Crippen LogP contribution is -2.28. The number of thiazole rings is 1. The summed E-state index contributed by atoms with van der Waals surface area (Å²) in [4.78, 5) is 47.9. The van der Waals surface area contributed by atoms with E-state index in [-0.39, 0.29) is 17.9 Å². The molecule has 0 spiro atoms. The number of fused-ring (bicyclic) bond motifs is 1. The molecule has 0 aliphatic rings. The van der Waals surface area contributed by atoms with Crippen LogP contribution in [0, 0.1) is 10.8 Å². The highest BCUT2D eigenvalue weighted by Crippen LogP contribution is 2.29. The molecule has 4 aromatic rings. The van der Waals surface area contributed by atoms with E-state index in [1.165, 1.54) is 14.2 Å². The number of rotatable bonds is 11. The largest absolute Gasteiger partial charge is 0.492 e. The lowest BCUT2D eigenvalue weighted by atomic mass is 9.99. The Morgan fingerprint density at radius 2 is 1.61 bits per heavy atom. The van der Waals surface area contributed by atoms with E-state index in [1.54, 1.807) is 28.8 Å². The molecule has 1 aromatic heterocycles. The minimum Gasteiger partial charge on any atom is -0.492 e. The number of nitrogens with zero attached hydrogens (tertiary/aromatic N) is 2. The number of benzene rings is 3. The lowest BCUT2D eigenvalue weighted by molar-refractivity contribution is -0.158. The number of hydrogen-bond acceptors (Lipinski definition) is 9. The smallest absolute Gasteiger partial charge is 0.320 e. The molecule has 38 heavy (non-hydrogen) atoms. The monoisotopic (exact) mass is 534 g/mol. The van der Waals surface area contributed by atoms with E-state index in [4.69, 9.17) is 14.2 Å². The molecular formula is C28H26N2O7S. The maximum Gasteiger partial charge on any atom is 0.320 e. The van der Waals surface area contributed by atoms with E-state index in [9.17, 15) is 19.3 Å². The summed E-state index contributed by atoms with van der Waals surface area (Å²) in [5.74, 6) is -1.77. The molecule has 1 atom stereocenters. The van der Waals surface area contributed by atoms with Crippen LogP contribution in [0.5, 0.6) is 5.75 Å². The molecule has 9 nitrogen and oxygen atoms in total. The van der Waals surface area contributed by atoms with Gasteiger partial charge in [-0.25, -0.2) is 0 Å². The summed E-state index contributed by atoms with van der Waals surface area (Å²) in [6.45, 7) is 0.586. The fourth-order valence-corrected chi connectivity index (χ4v) is 5.14. The number of hydrogen-bond donors (Lipinski definition) is 0. The second kappa shape index (κ2) is 12.3. The lowest BCUT2D eigenvalue weighted by Gasteiger charge is -2.13. The summed E-state index contributed by atoms with van der Waals surface area (Å²) < 4.78 is 17.6. The van der Waals surface area contributed by atoms with Gasteiger partial charge in [0, 0.05) is 0 Å². The summed E-state index contributed by atoms with van der Waals surface area (Å²) >= 11 is 1.11. The standard InChI is InChI=1S/C28H26N2O7S/c1-35-26(31)22(27(32)36-2)16-18-8-11-21(12-9-18)37-15-14-30-23-13-10-20(17-24(23)38-28(30)33)25(29-34)19-6-4-3-5-7-19/h3-13,17,22,25H,14-16H2,1-2H3. The van der Waals surface area contributed by atoms with E-state index in [0.717, 1.165) is 38.2 Å². The number of methoxy groups -OCH3 is 2. The number of carbonyl (C=O) groups is 2. The molecule has 1 heterocycles. The normalized spacial score (nSPS) is 11.8. The summed E-state index contributed by atoms with van der Waals surface area (Å²) in [5.41, 5.74) is 3.02. The van der Waals surface area contributed by atoms with Crippen LogP contribution in [0.15, 0.2) is 82.8 Å². The van der Waals surface area contributed by atoms with Crippen LogP contribution in [0.2, 0.25) is 0 Å². The van der Waals surface area contributed by atoms with Gasteiger partial charge in [0.05, 0.1) is 31.0 Å². The summed E-state index contributed by atoms with van der Waals surface area (Å²) in [6.07, 6.45) is 0.142. The van der Waals surface area contributed by atoms with Gasteiger partial charge in [-0.15, -0.1) is 4.91 Å². The van der Waals surface area contributed by atoms with Crippen molar-refractivity contribution < 1.29 is 23.8 Å². The highest BCUT2D eigenvalue weighted by atomic mass is 32.1. The molecule has 1 unspecified atom stereocenters. The van der Waals surface area contributed by atoms with Crippen LogP contribution in [0.4, 0.5) is 0 Å². The van der Waals surface area contributed by atoms with Crippen molar-refractivity contribution in [1.82, 2.24) is 4.57 Å². The van der Waals surface area contributed by atoms with Crippen LogP contribution in [0.1, 0.15) is 22.7 Å². The number of nitroso groups, excluding NO2 is 1. The number of esters is 2. The Morgan fingerprint density at radius 3 is 2.24 bits per heavy atom. The third-order valence-electron chi connectivity index (χ3n) is 6.15. The van der Waals surface area contributed by atoms with Crippen molar-refractivity contribution in [2.45, 2.75) is 19.0 Å². The van der Waals surface area contributed by atoms with Crippen LogP contribution in [-0.2, 0) is 32.0 Å². The van der Waals surface area contributed by atoms with Crippen molar-refractivity contribution >= 4 is 33.5 Å². The first-order valence-corrected chi connectivity index (χ1v) is 12.6. The first-order valence-electron chi connectivity index (χ1n) is 11.8. The van der Waals surface area contributed by atoms with Gasteiger partial charge in [-0.05, 0) is 47.4 Å². The third-order valence-corrected chi connectivity index (χ3v) is 7.09. The molecule has 10 heteroatoms. The zero-order valence-electron chi connectivity index (χ0n) is 20.9. The highest BCUT2D eigenvalue weighted by Gasteiger charge is 2.28. The topological polar surface area (TPSA) is 113 Å². The molecule has 0 N–H and O–H groups in total. The second-order valence-electron chi connectivity index (χ2n) is 8.46. The molecule has 0 aliphatic heterocycles. The predicted octanol–water partition coefficient (Wildman–Crippen LogP) is 4.50. The fourth-order valence-electron chi connectivity index (χ4n) is 4.17. The van der Waals surface area contributed by atoms with Gasteiger partial charge in [0.25, 0.3) is 0 Å². The zero-order valence-corrected chi connectivity index (χ0v) is 21.7.